The van der Waals surface area contributed by atoms with Crippen molar-refractivity contribution in [2.45, 2.75) is 33.1 Å². The number of fused-ring (bicyclic) bond motifs is 1. The summed E-state index contributed by atoms with van der Waals surface area (Å²) in [5.74, 6) is 1.05. The van der Waals surface area contributed by atoms with Crippen LogP contribution in [-0.2, 0) is 4.79 Å². The summed E-state index contributed by atoms with van der Waals surface area (Å²) in [5.41, 5.74) is 0.464. The lowest BCUT2D eigenvalue weighted by Gasteiger charge is -2.22. The molecule has 0 radical (unpaired) electrons. The van der Waals surface area contributed by atoms with Gasteiger partial charge in [0.2, 0.25) is 5.91 Å². The van der Waals surface area contributed by atoms with E-state index in [0.717, 1.165) is 19.0 Å². The van der Waals surface area contributed by atoms with Gasteiger partial charge in [-0.3, -0.25) is 4.79 Å². The average Bonchev–Trinajstić information content (AvgIpc) is 2.41. The van der Waals surface area contributed by atoms with Gasteiger partial charge in [0.1, 0.15) is 0 Å². The Bertz CT molecular complexity index is 214. The van der Waals surface area contributed by atoms with Crippen LogP contribution in [0, 0.1) is 11.3 Å². The first kappa shape index (κ1) is 8.09. The molecular formula is C10H17NO. The molecule has 0 aromatic carbocycles. The van der Waals surface area contributed by atoms with Crippen molar-refractivity contribution in [2.24, 2.45) is 11.3 Å². The minimum absolute atomic E-state index is 0.255. The second-order valence-electron chi connectivity index (χ2n) is 4.64. The first-order valence-electron chi connectivity index (χ1n) is 4.87. The number of nitrogens with zero attached hydrogens (tertiary/aromatic N) is 1. The predicted molar refractivity (Wildman–Crippen MR) is 47.7 cm³/mol. The molecule has 1 aliphatic heterocycles. The molecule has 2 nitrogen and oxygen atoms in total. The molecule has 2 rings (SSSR count). The molecule has 0 N–H and O–H groups in total. The molecule has 2 aliphatic rings. The lowest BCUT2D eigenvalue weighted by Crippen LogP contribution is -2.28. The monoisotopic (exact) mass is 167 g/mol. The maximum Gasteiger partial charge on any atom is 0.219 e. The van der Waals surface area contributed by atoms with Crippen LogP contribution in [-0.4, -0.2) is 23.9 Å². The van der Waals surface area contributed by atoms with Gasteiger partial charge in [-0.2, -0.15) is 0 Å². The highest BCUT2D eigenvalue weighted by molar-refractivity contribution is 5.73. The quantitative estimate of drug-likeness (QED) is 0.537. The summed E-state index contributed by atoms with van der Waals surface area (Å²) in [5, 5.41) is 0. The van der Waals surface area contributed by atoms with Gasteiger partial charge in [0.05, 0.1) is 0 Å². The molecule has 2 fully saturated rings. The Labute approximate surface area is 73.9 Å². The molecule has 0 spiro atoms. The minimum Gasteiger partial charge on any atom is -0.342 e. The van der Waals surface area contributed by atoms with E-state index in [1.165, 1.54) is 19.3 Å². The van der Waals surface area contributed by atoms with Gasteiger partial charge in [0.25, 0.3) is 0 Å². The minimum atomic E-state index is 0.255. The van der Waals surface area contributed by atoms with E-state index >= 15 is 0 Å². The Kier molecular flexibility index (Phi) is 1.67. The lowest BCUT2D eigenvalue weighted by atomic mass is 9.83. The van der Waals surface area contributed by atoms with Gasteiger partial charge in [-0.15, -0.1) is 0 Å². The third kappa shape index (κ3) is 1.05. The summed E-state index contributed by atoms with van der Waals surface area (Å²) < 4.78 is 0. The van der Waals surface area contributed by atoms with Crippen LogP contribution in [0.1, 0.15) is 33.1 Å². The van der Waals surface area contributed by atoms with Crippen molar-refractivity contribution in [3.05, 3.63) is 0 Å². The molecular weight excluding hydrogens is 150 g/mol. The predicted octanol–water partition coefficient (Wildman–Crippen LogP) is 1.65. The molecule has 0 aromatic heterocycles. The number of hydrogen-bond acceptors (Lipinski definition) is 1. The van der Waals surface area contributed by atoms with Crippen molar-refractivity contribution in [1.29, 1.82) is 0 Å². The van der Waals surface area contributed by atoms with E-state index in [0.29, 0.717) is 5.41 Å². The first-order valence-corrected chi connectivity index (χ1v) is 4.87. The van der Waals surface area contributed by atoms with Crippen molar-refractivity contribution in [3.63, 3.8) is 0 Å². The van der Waals surface area contributed by atoms with Gasteiger partial charge >= 0.3 is 0 Å². The van der Waals surface area contributed by atoms with Crippen molar-refractivity contribution >= 4 is 5.91 Å². The van der Waals surface area contributed by atoms with Gasteiger partial charge < -0.3 is 4.90 Å². The van der Waals surface area contributed by atoms with Crippen molar-refractivity contribution in [1.82, 2.24) is 4.90 Å². The van der Waals surface area contributed by atoms with Crippen LogP contribution in [0.25, 0.3) is 0 Å². The number of likely N-dealkylation sites (tertiary alicyclic amines) is 1. The third-order valence-corrected chi connectivity index (χ3v) is 3.72. The van der Waals surface area contributed by atoms with E-state index in [-0.39, 0.29) is 5.91 Å². The Morgan fingerprint density at radius 1 is 1.58 bits per heavy atom. The summed E-state index contributed by atoms with van der Waals surface area (Å²) in [6, 6.07) is 0. The second kappa shape index (κ2) is 2.48. The molecule has 1 saturated carbocycles. The van der Waals surface area contributed by atoms with Crippen LogP contribution in [0.4, 0.5) is 0 Å². The topological polar surface area (TPSA) is 20.3 Å². The van der Waals surface area contributed by atoms with Crippen molar-refractivity contribution < 1.29 is 4.79 Å². The molecule has 1 heterocycles. The zero-order valence-electron chi connectivity index (χ0n) is 7.97. The second-order valence-corrected chi connectivity index (χ2v) is 4.64. The number of carbonyl (C=O) groups excluding carboxylic acids is 1. The number of carbonyl (C=O) groups is 1. The fourth-order valence-corrected chi connectivity index (χ4v) is 2.83. The normalized spacial score (nSPS) is 40.2. The molecule has 1 amide bonds. The highest BCUT2D eigenvalue weighted by Crippen LogP contribution is 2.47. The average molecular weight is 167 g/mol. The van der Waals surface area contributed by atoms with Crippen molar-refractivity contribution in [3.8, 4) is 0 Å². The van der Waals surface area contributed by atoms with Crippen LogP contribution in [0.15, 0.2) is 0 Å². The van der Waals surface area contributed by atoms with E-state index in [2.05, 4.69) is 6.92 Å². The summed E-state index contributed by atoms with van der Waals surface area (Å²) >= 11 is 0. The van der Waals surface area contributed by atoms with Crippen LogP contribution in [0.5, 0.6) is 0 Å². The van der Waals surface area contributed by atoms with E-state index in [4.69, 9.17) is 0 Å². The highest BCUT2D eigenvalue weighted by Gasteiger charge is 2.46. The molecule has 68 valence electrons. The number of amides is 1. The lowest BCUT2D eigenvalue weighted by molar-refractivity contribution is -0.128. The summed E-state index contributed by atoms with van der Waals surface area (Å²) in [6.45, 7) is 6.05. The fourth-order valence-electron chi connectivity index (χ4n) is 2.83. The fraction of sp³-hybridized carbons (Fsp3) is 0.900. The van der Waals surface area contributed by atoms with Crippen LogP contribution in [0.2, 0.25) is 0 Å². The number of rotatable bonds is 0. The Balaban J connectivity index is 2.11. The van der Waals surface area contributed by atoms with Gasteiger partial charge in [-0.25, -0.2) is 0 Å². The SMILES string of the molecule is CC(=O)N1CC2CCCC2(C)C1. The number of hydrogen-bond donors (Lipinski definition) is 0. The molecule has 1 saturated heterocycles. The maximum absolute atomic E-state index is 11.1. The van der Waals surface area contributed by atoms with Gasteiger partial charge in [-0.1, -0.05) is 13.3 Å². The van der Waals surface area contributed by atoms with E-state index < -0.39 is 0 Å². The maximum atomic E-state index is 11.1. The van der Waals surface area contributed by atoms with E-state index in [9.17, 15) is 4.79 Å². The van der Waals surface area contributed by atoms with Crippen LogP contribution in [0.3, 0.4) is 0 Å². The Morgan fingerprint density at radius 3 is 2.92 bits per heavy atom. The molecule has 2 atom stereocenters. The standard InChI is InChI=1S/C10H17NO/c1-8(12)11-6-9-4-3-5-10(9,2)7-11/h9H,3-7H2,1-2H3. The Morgan fingerprint density at radius 2 is 2.33 bits per heavy atom. The van der Waals surface area contributed by atoms with Crippen molar-refractivity contribution in [2.75, 3.05) is 13.1 Å². The smallest absolute Gasteiger partial charge is 0.219 e. The molecule has 12 heavy (non-hydrogen) atoms. The van der Waals surface area contributed by atoms with E-state index in [1.54, 1.807) is 6.92 Å². The zero-order valence-corrected chi connectivity index (χ0v) is 7.97. The summed E-state index contributed by atoms with van der Waals surface area (Å²) in [4.78, 5) is 13.2. The van der Waals surface area contributed by atoms with E-state index in [1.807, 2.05) is 4.90 Å². The molecule has 0 aromatic rings. The molecule has 2 heteroatoms. The zero-order chi connectivity index (χ0) is 8.77. The van der Waals surface area contributed by atoms with Gasteiger partial charge in [-0.05, 0) is 24.2 Å². The largest absolute Gasteiger partial charge is 0.342 e. The molecule has 1 aliphatic carbocycles. The summed E-state index contributed by atoms with van der Waals surface area (Å²) in [6.07, 6.45) is 4.02. The summed E-state index contributed by atoms with van der Waals surface area (Å²) in [7, 11) is 0. The third-order valence-electron chi connectivity index (χ3n) is 3.72. The molecule has 2 unspecified atom stereocenters. The first-order chi connectivity index (χ1) is 5.62. The highest BCUT2D eigenvalue weighted by atomic mass is 16.2. The van der Waals surface area contributed by atoms with Crippen LogP contribution >= 0.6 is 0 Å². The Hall–Kier alpha value is -0.530. The van der Waals surface area contributed by atoms with Gasteiger partial charge in [0, 0.05) is 20.0 Å². The molecule has 0 bridgehead atoms. The van der Waals surface area contributed by atoms with Crippen LogP contribution < -0.4 is 0 Å². The van der Waals surface area contributed by atoms with Gasteiger partial charge in [0.15, 0.2) is 0 Å².